The van der Waals surface area contributed by atoms with Crippen LogP contribution in [0.3, 0.4) is 0 Å². The molecule has 1 amide bonds. The second-order valence-electron chi connectivity index (χ2n) is 6.98. The van der Waals surface area contributed by atoms with Crippen LogP contribution in [0.15, 0.2) is 17.0 Å². The van der Waals surface area contributed by atoms with Gasteiger partial charge in [0, 0.05) is 18.5 Å². The smallest absolute Gasteiger partial charge is 0.305 e. The number of carboxylic acid groups (broad SMARTS) is 1. The Bertz CT molecular complexity index is 775. The molecule has 0 fully saturated rings. The molecule has 0 unspecified atom stereocenters. The van der Waals surface area contributed by atoms with E-state index in [9.17, 15) is 18.0 Å². The third-order valence-corrected chi connectivity index (χ3v) is 6.53. The van der Waals surface area contributed by atoms with Gasteiger partial charge < -0.3 is 10.4 Å². The monoisotopic (exact) mass is 398 g/mol. The molecule has 1 rings (SSSR count). The van der Waals surface area contributed by atoms with Crippen molar-refractivity contribution in [2.75, 3.05) is 6.54 Å². The standard InChI is InChI=1S/C19H30N2O5S/c1-6-19(7-2,12-17(23)24)21-16(22)8-9-20-27(25,26)18-14(4)10-13(3)11-15(18)5/h10-11,20H,6-9,12H2,1-5H3,(H,21,22)(H,23,24). The third kappa shape index (κ3) is 6.32. The Hall–Kier alpha value is -1.93. The Balaban J connectivity index is 2.77. The van der Waals surface area contributed by atoms with E-state index in [2.05, 4.69) is 10.0 Å². The summed E-state index contributed by atoms with van der Waals surface area (Å²) in [4.78, 5) is 23.5. The molecule has 7 nitrogen and oxygen atoms in total. The molecule has 1 aromatic rings. The van der Waals surface area contributed by atoms with E-state index in [0.717, 1.165) is 5.56 Å². The van der Waals surface area contributed by atoms with Crippen LogP contribution in [0.1, 0.15) is 56.2 Å². The van der Waals surface area contributed by atoms with E-state index in [0.29, 0.717) is 24.0 Å². The van der Waals surface area contributed by atoms with Crippen molar-refractivity contribution in [2.45, 2.75) is 70.7 Å². The van der Waals surface area contributed by atoms with E-state index in [1.54, 1.807) is 26.0 Å². The highest BCUT2D eigenvalue weighted by atomic mass is 32.2. The largest absolute Gasteiger partial charge is 0.481 e. The number of nitrogens with one attached hydrogen (secondary N) is 2. The number of sulfonamides is 1. The summed E-state index contributed by atoms with van der Waals surface area (Å²) in [6, 6.07) is 3.61. The molecule has 0 bridgehead atoms. The van der Waals surface area contributed by atoms with Crippen LogP contribution in [0, 0.1) is 20.8 Å². The van der Waals surface area contributed by atoms with Gasteiger partial charge in [0.25, 0.3) is 0 Å². The molecular formula is C19H30N2O5S. The Morgan fingerprint density at radius 2 is 1.59 bits per heavy atom. The fraction of sp³-hybridized carbons (Fsp3) is 0.579. The molecule has 0 saturated carbocycles. The minimum Gasteiger partial charge on any atom is -0.481 e. The highest BCUT2D eigenvalue weighted by Crippen LogP contribution is 2.22. The molecule has 0 atom stereocenters. The average Bonchev–Trinajstić information content (AvgIpc) is 2.52. The van der Waals surface area contributed by atoms with Crippen LogP contribution < -0.4 is 10.0 Å². The molecule has 0 spiro atoms. The molecule has 0 aromatic heterocycles. The van der Waals surface area contributed by atoms with Gasteiger partial charge in [-0.25, -0.2) is 13.1 Å². The molecule has 0 radical (unpaired) electrons. The minimum atomic E-state index is -3.73. The van der Waals surface area contributed by atoms with Crippen LogP contribution in [0.2, 0.25) is 0 Å². The van der Waals surface area contributed by atoms with E-state index in [-0.39, 0.29) is 30.2 Å². The van der Waals surface area contributed by atoms with Crippen molar-refractivity contribution in [1.29, 1.82) is 0 Å². The summed E-state index contributed by atoms with van der Waals surface area (Å²) < 4.78 is 27.6. The molecule has 1 aromatic carbocycles. The molecule has 0 aliphatic carbocycles. The molecule has 27 heavy (non-hydrogen) atoms. The number of aryl methyl sites for hydroxylation is 3. The average molecular weight is 399 g/mol. The maximum absolute atomic E-state index is 12.6. The van der Waals surface area contributed by atoms with Crippen LogP contribution in [-0.2, 0) is 19.6 Å². The van der Waals surface area contributed by atoms with Crippen molar-refractivity contribution in [3.63, 3.8) is 0 Å². The van der Waals surface area contributed by atoms with Crippen LogP contribution in [0.25, 0.3) is 0 Å². The summed E-state index contributed by atoms with van der Waals surface area (Å²) in [7, 11) is -3.73. The summed E-state index contributed by atoms with van der Waals surface area (Å²) in [5.41, 5.74) is 1.48. The van der Waals surface area contributed by atoms with E-state index in [1.165, 1.54) is 0 Å². The Morgan fingerprint density at radius 3 is 2.04 bits per heavy atom. The summed E-state index contributed by atoms with van der Waals surface area (Å²) >= 11 is 0. The fourth-order valence-electron chi connectivity index (χ4n) is 3.33. The van der Waals surface area contributed by atoms with E-state index < -0.39 is 21.5 Å². The lowest BCUT2D eigenvalue weighted by Crippen LogP contribution is -2.49. The topological polar surface area (TPSA) is 113 Å². The number of amides is 1. The van der Waals surface area contributed by atoms with E-state index >= 15 is 0 Å². The number of hydrogen-bond donors (Lipinski definition) is 3. The van der Waals surface area contributed by atoms with Gasteiger partial charge in [-0.2, -0.15) is 0 Å². The number of rotatable bonds is 10. The lowest BCUT2D eigenvalue weighted by molar-refractivity contribution is -0.139. The zero-order valence-electron chi connectivity index (χ0n) is 16.7. The van der Waals surface area contributed by atoms with E-state index in [1.807, 2.05) is 20.8 Å². The van der Waals surface area contributed by atoms with Gasteiger partial charge in [-0.15, -0.1) is 0 Å². The minimum absolute atomic E-state index is 0.0580. The highest BCUT2D eigenvalue weighted by Gasteiger charge is 2.31. The fourth-order valence-corrected chi connectivity index (χ4v) is 4.81. The number of benzene rings is 1. The third-order valence-electron chi connectivity index (χ3n) is 4.77. The molecule has 0 saturated heterocycles. The highest BCUT2D eigenvalue weighted by molar-refractivity contribution is 7.89. The second-order valence-corrected chi connectivity index (χ2v) is 8.69. The normalized spacial score (nSPS) is 12.0. The van der Waals surface area contributed by atoms with Crippen molar-refractivity contribution in [3.8, 4) is 0 Å². The predicted molar refractivity (Wildman–Crippen MR) is 104 cm³/mol. The van der Waals surface area contributed by atoms with Gasteiger partial charge in [0.15, 0.2) is 0 Å². The lowest BCUT2D eigenvalue weighted by atomic mass is 9.89. The van der Waals surface area contributed by atoms with Crippen molar-refractivity contribution in [3.05, 3.63) is 28.8 Å². The predicted octanol–water partition coefficient (Wildman–Crippen LogP) is 2.43. The van der Waals surface area contributed by atoms with Gasteiger partial charge in [-0.3, -0.25) is 9.59 Å². The van der Waals surface area contributed by atoms with E-state index in [4.69, 9.17) is 5.11 Å². The van der Waals surface area contributed by atoms with Gasteiger partial charge in [0.2, 0.25) is 15.9 Å². The molecule has 152 valence electrons. The summed E-state index contributed by atoms with van der Waals surface area (Å²) in [6.45, 7) is 8.96. The Labute approximate surface area is 161 Å². The van der Waals surface area contributed by atoms with Crippen molar-refractivity contribution in [2.24, 2.45) is 0 Å². The number of carbonyl (C=O) groups is 2. The first-order valence-corrected chi connectivity index (χ1v) is 10.5. The van der Waals surface area contributed by atoms with Crippen molar-refractivity contribution < 1.29 is 23.1 Å². The number of carboxylic acids is 1. The van der Waals surface area contributed by atoms with Crippen molar-refractivity contribution >= 4 is 21.9 Å². The first-order chi connectivity index (χ1) is 12.5. The Kier molecular flexibility index (Phi) is 7.98. The molecule has 0 aliphatic rings. The summed E-state index contributed by atoms with van der Waals surface area (Å²) in [5.74, 6) is -1.36. The van der Waals surface area contributed by atoms with Crippen LogP contribution >= 0.6 is 0 Å². The van der Waals surface area contributed by atoms with Gasteiger partial charge in [0.05, 0.1) is 11.3 Å². The molecular weight excluding hydrogens is 368 g/mol. The molecule has 0 aliphatic heterocycles. The zero-order chi connectivity index (χ0) is 20.8. The number of hydrogen-bond acceptors (Lipinski definition) is 4. The first-order valence-electron chi connectivity index (χ1n) is 9.06. The van der Waals surface area contributed by atoms with Crippen LogP contribution in [0.5, 0.6) is 0 Å². The number of aliphatic carboxylic acids is 1. The van der Waals surface area contributed by atoms with Gasteiger partial charge in [-0.1, -0.05) is 31.5 Å². The quantitative estimate of drug-likeness (QED) is 0.560. The molecule has 0 heterocycles. The Morgan fingerprint density at radius 1 is 1.07 bits per heavy atom. The summed E-state index contributed by atoms with van der Waals surface area (Å²) in [6.07, 6.45) is 0.730. The summed E-state index contributed by atoms with van der Waals surface area (Å²) in [5, 5.41) is 11.8. The lowest BCUT2D eigenvalue weighted by Gasteiger charge is -2.31. The van der Waals surface area contributed by atoms with Crippen molar-refractivity contribution in [1.82, 2.24) is 10.0 Å². The van der Waals surface area contributed by atoms with Crippen LogP contribution in [0.4, 0.5) is 0 Å². The van der Waals surface area contributed by atoms with Gasteiger partial charge in [0.1, 0.15) is 0 Å². The second kappa shape index (κ2) is 9.32. The molecule has 3 N–H and O–H groups in total. The van der Waals surface area contributed by atoms with Gasteiger partial charge >= 0.3 is 5.97 Å². The first kappa shape index (κ1) is 23.1. The zero-order valence-corrected chi connectivity index (χ0v) is 17.5. The van der Waals surface area contributed by atoms with Crippen LogP contribution in [-0.4, -0.2) is 37.5 Å². The van der Waals surface area contributed by atoms with Gasteiger partial charge in [-0.05, 0) is 44.7 Å². The SMILES string of the molecule is CCC(CC)(CC(=O)O)NC(=O)CCNS(=O)(=O)c1c(C)cc(C)cc1C. The maximum atomic E-state index is 12.6. The number of carbonyl (C=O) groups excluding carboxylic acids is 1. The molecule has 8 heteroatoms. The maximum Gasteiger partial charge on any atom is 0.305 e.